The number of hydrogen-bond acceptors (Lipinski definition) is 8. The van der Waals surface area contributed by atoms with E-state index in [0.29, 0.717) is 38.7 Å². The van der Waals surface area contributed by atoms with Crippen LogP contribution >= 0.6 is 0 Å². The number of amides is 1. The summed E-state index contributed by atoms with van der Waals surface area (Å²) in [4.78, 5) is 31.4. The lowest BCUT2D eigenvalue weighted by Crippen LogP contribution is -2.49. The Morgan fingerprint density at radius 1 is 0.932 bits per heavy atom. The number of piperazine rings is 1. The molecule has 9 heteroatoms. The van der Waals surface area contributed by atoms with E-state index in [1.165, 1.54) is 27.6 Å². The standard InChI is InChI=1S/C35H42N6O3/c1-25-20-28-12-8-9-13-29(28)32(21-25)41-15-14-30-31(23-41)36-34(44-26(2)22-38(3)4)37-33(30)39-16-18-40(19-17-39)35(42)43-24-27-10-6-5-7-11-27/h5-13,20-21,26H,14-19,22-24H2,1-4H3/t26-/m0/s1. The van der Waals surface area contributed by atoms with E-state index in [1.54, 1.807) is 4.90 Å². The SMILES string of the molecule is Cc1cc(N2CCc3c(nc(O[C@@H](C)CN(C)C)nc3N3CCN(C(=O)OCc4ccccc4)CC3)C2)c2ccccc2c1. The average Bonchev–Trinajstić information content (AvgIpc) is 3.02. The van der Waals surface area contributed by atoms with Crippen LogP contribution in [0.4, 0.5) is 16.3 Å². The third-order valence-electron chi connectivity index (χ3n) is 8.32. The van der Waals surface area contributed by atoms with Gasteiger partial charge >= 0.3 is 12.1 Å². The number of aromatic nitrogens is 2. The third-order valence-corrected chi connectivity index (χ3v) is 8.32. The van der Waals surface area contributed by atoms with Crippen LogP contribution in [-0.2, 0) is 24.3 Å². The Bertz CT molecular complexity index is 1600. The molecule has 0 N–H and O–H groups in total. The summed E-state index contributed by atoms with van der Waals surface area (Å²) in [6.45, 7) is 9.28. The fourth-order valence-corrected chi connectivity index (χ4v) is 6.25. The van der Waals surface area contributed by atoms with E-state index in [9.17, 15) is 4.79 Å². The number of carbonyl (C=O) groups excluding carboxylic acids is 1. The largest absolute Gasteiger partial charge is 0.459 e. The fraction of sp³-hybridized carbons (Fsp3) is 0.400. The number of ether oxygens (including phenoxy) is 2. The van der Waals surface area contributed by atoms with E-state index >= 15 is 0 Å². The molecule has 6 rings (SSSR count). The zero-order chi connectivity index (χ0) is 30.6. The number of fused-ring (bicyclic) bond motifs is 2. The van der Waals surface area contributed by atoms with E-state index in [4.69, 9.17) is 19.4 Å². The van der Waals surface area contributed by atoms with Crippen LogP contribution in [0.3, 0.4) is 0 Å². The molecule has 44 heavy (non-hydrogen) atoms. The van der Waals surface area contributed by atoms with Gasteiger partial charge in [-0.3, -0.25) is 0 Å². The first kappa shape index (κ1) is 29.7. The summed E-state index contributed by atoms with van der Waals surface area (Å²) in [5.41, 5.74) is 5.64. The van der Waals surface area contributed by atoms with Crippen molar-refractivity contribution in [2.75, 3.05) is 63.2 Å². The maximum absolute atomic E-state index is 12.8. The molecule has 0 bridgehead atoms. The van der Waals surface area contributed by atoms with Gasteiger partial charge in [-0.2, -0.15) is 9.97 Å². The van der Waals surface area contributed by atoms with E-state index < -0.39 is 0 Å². The molecule has 2 aliphatic rings. The van der Waals surface area contributed by atoms with Crippen LogP contribution in [-0.4, -0.2) is 85.3 Å². The maximum Gasteiger partial charge on any atom is 0.410 e. The number of hydrogen-bond donors (Lipinski definition) is 0. The van der Waals surface area contributed by atoms with Crippen LogP contribution in [0.5, 0.6) is 6.01 Å². The first-order valence-corrected chi connectivity index (χ1v) is 15.5. The molecule has 4 aromatic rings. The Morgan fingerprint density at radius 2 is 1.68 bits per heavy atom. The Kier molecular flexibility index (Phi) is 8.84. The van der Waals surface area contributed by atoms with Crippen LogP contribution in [0.1, 0.15) is 29.3 Å². The lowest BCUT2D eigenvalue weighted by Gasteiger charge is -2.38. The lowest BCUT2D eigenvalue weighted by molar-refractivity contribution is 0.0940. The summed E-state index contributed by atoms with van der Waals surface area (Å²) < 4.78 is 11.9. The zero-order valence-corrected chi connectivity index (χ0v) is 26.2. The van der Waals surface area contributed by atoms with Crippen LogP contribution < -0.4 is 14.5 Å². The van der Waals surface area contributed by atoms with Gasteiger partial charge in [0.2, 0.25) is 0 Å². The fourth-order valence-electron chi connectivity index (χ4n) is 6.25. The first-order valence-electron chi connectivity index (χ1n) is 15.5. The molecule has 0 aliphatic carbocycles. The Morgan fingerprint density at radius 3 is 2.45 bits per heavy atom. The predicted octanol–water partition coefficient (Wildman–Crippen LogP) is 5.29. The quantitative estimate of drug-likeness (QED) is 0.273. The average molecular weight is 595 g/mol. The van der Waals surface area contributed by atoms with Crippen molar-refractivity contribution < 1.29 is 14.3 Å². The van der Waals surface area contributed by atoms with Gasteiger partial charge in [0.1, 0.15) is 18.5 Å². The van der Waals surface area contributed by atoms with Gasteiger partial charge < -0.3 is 29.1 Å². The van der Waals surface area contributed by atoms with Gasteiger partial charge in [0.05, 0.1) is 12.2 Å². The predicted molar refractivity (Wildman–Crippen MR) is 175 cm³/mol. The normalized spacial score (nSPS) is 15.8. The lowest BCUT2D eigenvalue weighted by atomic mass is 10.0. The monoisotopic (exact) mass is 594 g/mol. The van der Waals surface area contributed by atoms with Crippen molar-refractivity contribution in [3.8, 4) is 6.01 Å². The second-order valence-corrected chi connectivity index (χ2v) is 12.1. The van der Waals surface area contributed by atoms with Crippen molar-refractivity contribution in [1.29, 1.82) is 0 Å². The van der Waals surface area contributed by atoms with Crippen LogP contribution in [0.15, 0.2) is 66.7 Å². The number of likely N-dealkylation sites (N-methyl/N-ethyl adjacent to an activating group) is 1. The Hall–Kier alpha value is -4.37. The number of rotatable bonds is 8. The maximum atomic E-state index is 12.8. The summed E-state index contributed by atoms with van der Waals surface area (Å²) in [7, 11) is 4.07. The molecule has 0 radical (unpaired) electrons. The molecule has 9 nitrogen and oxygen atoms in total. The van der Waals surface area contributed by atoms with Crippen molar-refractivity contribution in [2.24, 2.45) is 0 Å². The molecular weight excluding hydrogens is 552 g/mol. The molecule has 0 unspecified atom stereocenters. The Balaban J connectivity index is 1.22. The minimum Gasteiger partial charge on any atom is -0.459 e. The van der Waals surface area contributed by atoms with Gasteiger partial charge in [-0.25, -0.2) is 4.79 Å². The van der Waals surface area contributed by atoms with Gasteiger partial charge in [-0.05, 0) is 56.9 Å². The molecule has 230 valence electrons. The van der Waals surface area contributed by atoms with Crippen molar-refractivity contribution in [2.45, 2.75) is 39.5 Å². The molecule has 1 atom stereocenters. The highest BCUT2D eigenvalue weighted by molar-refractivity contribution is 5.95. The number of benzene rings is 3. The highest BCUT2D eigenvalue weighted by Crippen LogP contribution is 2.35. The highest BCUT2D eigenvalue weighted by atomic mass is 16.6. The highest BCUT2D eigenvalue weighted by Gasteiger charge is 2.30. The van der Waals surface area contributed by atoms with E-state index in [-0.39, 0.29) is 18.8 Å². The molecule has 0 spiro atoms. The molecule has 2 aliphatic heterocycles. The first-order chi connectivity index (χ1) is 21.3. The topological polar surface area (TPSA) is 74.3 Å². The van der Waals surface area contributed by atoms with Crippen molar-refractivity contribution in [1.82, 2.24) is 19.8 Å². The van der Waals surface area contributed by atoms with Crippen LogP contribution in [0.2, 0.25) is 0 Å². The Labute approximate surface area is 260 Å². The van der Waals surface area contributed by atoms with E-state index in [1.807, 2.05) is 51.4 Å². The molecular formula is C35H42N6O3. The van der Waals surface area contributed by atoms with Gasteiger partial charge in [-0.15, -0.1) is 0 Å². The number of nitrogens with zero attached hydrogens (tertiary/aromatic N) is 6. The van der Waals surface area contributed by atoms with Crippen molar-refractivity contribution in [3.05, 3.63) is 89.1 Å². The summed E-state index contributed by atoms with van der Waals surface area (Å²) in [6, 6.07) is 23.3. The zero-order valence-electron chi connectivity index (χ0n) is 26.2. The smallest absolute Gasteiger partial charge is 0.410 e. The minimum atomic E-state index is -0.277. The molecule has 3 aromatic carbocycles. The molecule has 1 aromatic heterocycles. The van der Waals surface area contributed by atoms with E-state index in [2.05, 4.69) is 58.0 Å². The second-order valence-electron chi connectivity index (χ2n) is 12.1. The summed E-state index contributed by atoms with van der Waals surface area (Å²) >= 11 is 0. The number of aryl methyl sites for hydroxylation is 1. The van der Waals surface area contributed by atoms with E-state index in [0.717, 1.165) is 36.6 Å². The van der Waals surface area contributed by atoms with Crippen LogP contribution in [0.25, 0.3) is 10.8 Å². The van der Waals surface area contributed by atoms with Gasteiger partial charge in [-0.1, -0.05) is 60.7 Å². The summed E-state index contributed by atoms with van der Waals surface area (Å²) in [5, 5.41) is 2.50. The van der Waals surface area contributed by atoms with Gasteiger partial charge in [0.15, 0.2) is 0 Å². The number of anilines is 2. The third kappa shape index (κ3) is 6.73. The minimum absolute atomic E-state index is 0.0625. The summed E-state index contributed by atoms with van der Waals surface area (Å²) in [5.74, 6) is 0.924. The van der Waals surface area contributed by atoms with Crippen LogP contribution in [0, 0.1) is 6.92 Å². The molecule has 1 saturated heterocycles. The molecule has 1 amide bonds. The van der Waals surface area contributed by atoms with Crippen molar-refractivity contribution in [3.63, 3.8) is 0 Å². The second kappa shape index (κ2) is 13.1. The molecule has 1 fully saturated rings. The van der Waals surface area contributed by atoms with Crippen molar-refractivity contribution >= 4 is 28.4 Å². The number of carbonyl (C=O) groups is 1. The van der Waals surface area contributed by atoms with Gasteiger partial charge in [0.25, 0.3) is 0 Å². The summed E-state index contributed by atoms with van der Waals surface area (Å²) in [6.07, 6.45) is 0.494. The molecule has 0 saturated carbocycles. The molecule has 3 heterocycles. The van der Waals surface area contributed by atoms with Gasteiger partial charge in [0, 0.05) is 55.9 Å².